The first-order valence-electron chi connectivity index (χ1n) is 12.3. The molecule has 8 nitrogen and oxygen atoms in total. The summed E-state index contributed by atoms with van der Waals surface area (Å²) in [5, 5.41) is 5.46. The smallest absolute Gasteiger partial charge is 0.407 e. The average Bonchev–Trinajstić information content (AvgIpc) is 2.82. The van der Waals surface area contributed by atoms with Gasteiger partial charge in [0.15, 0.2) is 0 Å². The molecule has 0 saturated heterocycles. The van der Waals surface area contributed by atoms with Gasteiger partial charge in [-0.15, -0.1) is 0 Å². The molecule has 36 heavy (non-hydrogen) atoms. The number of benzene rings is 2. The van der Waals surface area contributed by atoms with Crippen LogP contribution in [0, 0.1) is 6.92 Å². The van der Waals surface area contributed by atoms with Crippen LogP contribution in [0.1, 0.15) is 56.7 Å². The van der Waals surface area contributed by atoms with Crippen molar-refractivity contribution in [3.63, 3.8) is 0 Å². The summed E-state index contributed by atoms with van der Waals surface area (Å²) in [6.45, 7) is 7.88. The first-order chi connectivity index (χ1) is 17.0. The van der Waals surface area contributed by atoms with Gasteiger partial charge in [-0.1, -0.05) is 60.2 Å². The Labute approximate surface area is 213 Å². The monoisotopic (exact) mass is 497 g/mol. The van der Waals surface area contributed by atoms with Gasteiger partial charge < -0.3 is 25.8 Å². The summed E-state index contributed by atoms with van der Waals surface area (Å²) in [6, 6.07) is 15.5. The second-order valence-electron chi connectivity index (χ2n) is 9.88. The summed E-state index contributed by atoms with van der Waals surface area (Å²) in [6.07, 6.45) is 1.41. The Hall–Kier alpha value is -3.39. The van der Waals surface area contributed by atoms with E-state index in [4.69, 9.17) is 15.2 Å². The topological polar surface area (TPSA) is 120 Å². The summed E-state index contributed by atoms with van der Waals surface area (Å²) >= 11 is 0. The van der Waals surface area contributed by atoms with Gasteiger partial charge >= 0.3 is 12.1 Å². The zero-order valence-electron chi connectivity index (χ0n) is 21.7. The summed E-state index contributed by atoms with van der Waals surface area (Å²) in [5.41, 5.74) is 8.45. The van der Waals surface area contributed by atoms with Crippen LogP contribution >= 0.6 is 0 Å². The standard InChI is InChI=1S/C28H39N3O5/c1-20-13-15-22(16-14-20)19-35-26(33)24(12-8-9-17-30-27(34)36-28(2,3)4)31-25(32)23(29)18-21-10-6-5-7-11-21/h5-7,10-11,13-16,23-24H,8-9,12,17-19,29H2,1-4H3,(H,30,34)(H,31,32)/t23-,24-/m0/s1. The van der Waals surface area contributed by atoms with Crippen LogP contribution in [0.2, 0.25) is 0 Å². The molecule has 0 bridgehead atoms. The molecule has 0 saturated carbocycles. The minimum Gasteiger partial charge on any atom is -0.459 e. The van der Waals surface area contributed by atoms with Gasteiger partial charge in [-0.05, 0) is 64.5 Å². The van der Waals surface area contributed by atoms with Gasteiger partial charge in [0.05, 0.1) is 6.04 Å². The number of rotatable bonds is 12. The Morgan fingerprint density at radius 2 is 1.61 bits per heavy atom. The minimum atomic E-state index is -0.841. The van der Waals surface area contributed by atoms with E-state index in [0.29, 0.717) is 32.2 Å². The van der Waals surface area contributed by atoms with Gasteiger partial charge in [0.2, 0.25) is 5.91 Å². The molecular formula is C28H39N3O5. The normalized spacial score (nSPS) is 12.8. The number of hydrogen-bond donors (Lipinski definition) is 3. The SMILES string of the molecule is Cc1ccc(COC(=O)[C@H](CCCCNC(=O)OC(C)(C)C)NC(=O)[C@@H](N)Cc2ccccc2)cc1. The Balaban J connectivity index is 1.91. The maximum Gasteiger partial charge on any atom is 0.407 e. The molecule has 0 aliphatic rings. The molecule has 0 aliphatic carbocycles. The molecular weight excluding hydrogens is 458 g/mol. The van der Waals surface area contributed by atoms with E-state index in [1.54, 1.807) is 20.8 Å². The van der Waals surface area contributed by atoms with Crippen LogP contribution in [0.25, 0.3) is 0 Å². The summed E-state index contributed by atoms with van der Waals surface area (Å²) < 4.78 is 10.7. The van der Waals surface area contributed by atoms with Crippen molar-refractivity contribution in [2.45, 2.75) is 77.7 Å². The fourth-order valence-corrected chi connectivity index (χ4v) is 3.41. The number of hydrogen-bond acceptors (Lipinski definition) is 6. The molecule has 8 heteroatoms. The minimum absolute atomic E-state index is 0.113. The lowest BCUT2D eigenvalue weighted by Crippen LogP contribution is -2.49. The average molecular weight is 498 g/mol. The molecule has 196 valence electrons. The van der Waals surface area contributed by atoms with Crippen LogP contribution in [0.5, 0.6) is 0 Å². The molecule has 0 heterocycles. The van der Waals surface area contributed by atoms with Crippen LogP contribution < -0.4 is 16.4 Å². The maximum atomic E-state index is 12.9. The van der Waals surface area contributed by atoms with Gasteiger partial charge in [-0.3, -0.25) is 4.79 Å². The second-order valence-corrected chi connectivity index (χ2v) is 9.88. The van der Waals surface area contributed by atoms with E-state index >= 15 is 0 Å². The molecule has 2 aromatic rings. The highest BCUT2D eigenvalue weighted by molar-refractivity contribution is 5.87. The van der Waals surface area contributed by atoms with Crippen molar-refractivity contribution in [3.05, 3.63) is 71.3 Å². The predicted octanol–water partition coefficient (Wildman–Crippen LogP) is 3.79. The van der Waals surface area contributed by atoms with Crippen LogP contribution in [-0.4, -0.2) is 42.2 Å². The Kier molecular flexibility index (Phi) is 11.4. The van der Waals surface area contributed by atoms with E-state index < -0.39 is 35.7 Å². The molecule has 2 rings (SSSR count). The molecule has 0 spiro atoms. The molecule has 4 N–H and O–H groups in total. The number of aryl methyl sites for hydroxylation is 1. The number of unbranched alkanes of at least 4 members (excludes halogenated alkanes) is 1. The number of carbonyl (C=O) groups is 3. The maximum absolute atomic E-state index is 12.9. The molecule has 0 aromatic heterocycles. The van der Waals surface area contributed by atoms with E-state index in [1.165, 1.54) is 0 Å². The van der Waals surface area contributed by atoms with Gasteiger partial charge in [-0.25, -0.2) is 9.59 Å². The fourth-order valence-electron chi connectivity index (χ4n) is 3.41. The van der Waals surface area contributed by atoms with Gasteiger partial charge in [0, 0.05) is 6.54 Å². The zero-order chi connectivity index (χ0) is 26.6. The third kappa shape index (κ3) is 11.4. The summed E-state index contributed by atoms with van der Waals surface area (Å²) in [4.78, 5) is 37.4. The molecule has 0 radical (unpaired) electrons. The summed E-state index contributed by atoms with van der Waals surface area (Å²) in [7, 11) is 0. The lowest BCUT2D eigenvalue weighted by Gasteiger charge is -2.21. The number of alkyl carbamates (subject to hydrolysis) is 1. The fraction of sp³-hybridized carbons (Fsp3) is 0.464. The van der Waals surface area contributed by atoms with Crippen LogP contribution in [0.4, 0.5) is 4.79 Å². The van der Waals surface area contributed by atoms with E-state index in [0.717, 1.165) is 16.7 Å². The van der Waals surface area contributed by atoms with Crippen molar-refractivity contribution in [3.8, 4) is 0 Å². The van der Waals surface area contributed by atoms with Crippen molar-refractivity contribution >= 4 is 18.0 Å². The quantitative estimate of drug-likeness (QED) is 0.303. The first kappa shape index (κ1) is 28.8. The Morgan fingerprint density at radius 3 is 2.25 bits per heavy atom. The molecule has 2 atom stereocenters. The van der Waals surface area contributed by atoms with E-state index in [1.807, 2.05) is 61.5 Å². The largest absolute Gasteiger partial charge is 0.459 e. The lowest BCUT2D eigenvalue weighted by molar-refractivity contribution is -0.149. The number of nitrogens with two attached hydrogens (primary N) is 1. The van der Waals surface area contributed by atoms with Crippen molar-refractivity contribution in [2.24, 2.45) is 5.73 Å². The highest BCUT2D eigenvalue weighted by atomic mass is 16.6. The third-order valence-electron chi connectivity index (χ3n) is 5.33. The van der Waals surface area contributed by atoms with Gasteiger partial charge in [0.25, 0.3) is 0 Å². The first-order valence-corrected chi connectivity index (χ1v) is 12.3. The number of amides is 2. The number of nitrogens with one attached hydrogen (secondary N) is 2. The number of esters is 1. The van der Waals surface area contributed by atoms with Gasteiger partial charge in [-0.2, -0.15) is 0 Å². The van der Waals surface area contributed by atoms with Crippen molar-refractivity contribution in [2.75, 3.05) is 6.54 Å². The van der Waals surface area contributed by atoms with Crippen molar-refractivity contribution in [1.29, 1.82) is 0 Å². The highest BCUT2D eigenvalue weighted by Crippen LogP contribution is 2.10. The third-order valence-corrected chi connectivity index (χ3v) is 5.33. The molecule has 2 aromatic carbocycles. The van der Waals surface area contributed by atoms with E-state index in [9.17, 15) is 14.4 Å². The van der Waals surface area contributed by atoms with Crippen LogP contribution in [0.15, 0.2) is 54.6 Å². The predicted molar refractivity (Wildman–Crippen MR) is 139 cm³/mol. The van der Waals surface area contributed by atoms with Crippen molar-refractivity contribution < 1.29 is 23.9 Å². The van der Waals surface area contributed by atoms with E-state index in [2.05, 4.69) is 10.6 Å². The highest BCUT2D eigenvalue weighted by Gasteiger charge is 2.25. The lowest BCUT2D eigenvalue weighted by atomic mass is 10.0. The Bertz CT molecular complexity index is 971. The van der Waals surface area contributed by atoms with Crippen molar-refractivity contribution in [1.82, 2.24) is 10.6 Å². The number of carbonyl (C=O) groups excluding carboxylic acids is 3. The van der Waals surface area contributed by atoms with Crippen LogP contribution in [-0.2, 0) is 32.1 Å². The van der Waals surface area contributed by atoms with Crippen LogP contribution in [0.3, 0.4) is 0 Å². The Morgan fingerprint density at radius 1 is 0.944 bits per heavy atom. The summed E-state index contributed by atoms with van der Waals surface area (Å²) in [5.74, 6) is -0.932. The molecule has 2 amide bonds. The van der Waals surface area contributed by atoms with E-state index in [-0.39, 0.29) is 6.61 Å². The number of ether oxygens (including phenoxy) is 2. The molecule has 0 aliphatic heterocycles. The van der Waals surface area contributed by atoms with Gasteiger partial charge in [0.1, 0.15) is 18.2 Å². The zero-order valence-corrected chi connectivity index (χ0v) is 21.7. The molecule has 0 fully saturated rings. The molecule has 0 unspecified atom stereocenters. The second kappa shape index (κ2) is 14.2.